The van der Waals surface area contributed by atoms with Crippen molar-refractivity contribution in [2.75, 3.05) is 39.2 Å². The van der Waals surface area contributed by atoms with Crippen molar-refractivity contribution in [2.45, 2.75) is 19.8 Å². The lowest BCUT2D eigenvalue weighted by Gasteiger charge is -2.28. The van der Waals surface area contributed by atoms with Crippen LogP contribution in [-0.4, -0.2) is 60.5 Å². The smallest absolute Gasteiger partial charge is 0.298 e. The van der Waals surface area contributed by atoms with Crippen LogP contribution in [0.3, 0.4) is 0 Å². The summed E-state index contributed by atoms with van der Waals surface area (Å²) in [7, 11) is 3.14. The normalized spacial score (nSPS) is 13.5. The second-order valence-electron chi connectivity index (χ2n) is 8.28. The van der Waals surface area contributed by atoms with E-state index in [0.717, 1.165) is 36.5 Å². The van der Waals surface area contributed by atoms with Gasteiger partial charge in [-0.1, -0.05) is 23.6 Å². The molecule has 1 fully saturated rings. The van der Waals surface area contributed by atoms with Crippen LogP contribution in [0.15, 0.2) is 36.7 Å². The number of nitrogens with one attached hydrogen (secondary N) is 3. The summed E-state index contributed by atoms with van der Waals surface area (Å²) in [4.78, 5) is 32.7. The number of rotatable bonds is 5. The van der Waals surface area contributed by atoms with E-state index in [4.69, 9.17) is 21.1 Å². The van der Waals surface area contributed by atoms with Crippen molar-refractivity contribution in [1.29, 1.82) is 0 Å². The second-order valence-corrected chi connectivity index (χ2v) is 8.68. The number of ether oxygens (including phenoxy) is 2. The van der Waals surface area contributed by atoms with Crippen molar-refractivity contribution in [1.82, 2.24) is 20.2 Å². The molecule has 10 heteroatoms. The standard InChI is InChI=1S/C20H19ClN4O3.C7H9NO/c1-27-15-10-22-8-6-11(15)17-18(16-13(24-17)7-9-23-20(16)26)25-14-5-3-4-12(21)19(14)28-2;1-2-4-7(9)8-5-3-6-8/h3-6,8,10,24-25H,7,9H2,1-2H3,(H,23,26);3,5-6H2,1H3. The average Bonchev–Trinajstić information content (AvgIpc) is 3.23. The van der Waals surface area contributed by atoms with Crippen LogP contribution in [-0.2, 0) is 11.2 Å². The van der Waals surface area contributed by atoms with Gasteiger partial charge in [-0.25, -0.2) is 0 Å². The zero-order valence-corrected chi connectivity index (χ0v) is 21.7. The van der Waals surface area contributed by atoms with Gasteiger partial charge in [-0.05, 0) is 37.5 Å². The van der Waals surface area contributed by atoms with Crippen LogP contribution in [0, 0.1) is 11.8 Å². The lowest BCUT2D eigenvalue weighted by atomic mass is 10.0. The van der Waals surface area contributed by atoms with Gasteiger partial charge in [0.15, 0.2) is 5.75 Å². The molecule has 192 valence electrons. The third kappa shape index (κ3) is 5.49. The van der Waals surface area contributed by atoms with E-state index in [0.29, 0.717) is 46.4 Å². The molecule has 2 aromatic heterocycles. The molecule has 4 heterocycles. The molecule has 2 aliphatic rings. The maximum Gasteiger partial charge on any atom is 0.298 e. The highest BCUT2D eigenvalue weighted by Crippen LogP contribution is 2.42. The lowest BCUT2D eigenvalue weighted by Crippen LogP contribution is -2.41. The van der Waals surface area contributed by atoms with Crippen molar-refractivity contribution in [2.24, 2.45) is 0 Å². The van der Waals surface area contributed by atoms with Crippen LogP contribution in [0.25, 0.3) is 11.3 Å². The van der Waals surface area contributed by atoms with Crippen LogP contribution >= 0.6 is 11.6 Å². The first-order valence-corrected chi connectivity index (χ1v) is 12.2. The third-order valence-corrected chi connectivity index (χ3v) is 6.34. The number of para-hydroxylation sites is 1. The number of amides is 2. The molecule has 5 rings (SSSR count). The van der Waals surface area contributed by atoms with Gasteiger partial charge in [-0.15, -0.1) is 0 Å². The molecule has 3 N–H and O–H groups in total. The molecule has 0 spiro atoms. The molecule has 0 radical (unpaired) electrons. The monoisotopic (exact) mass is 521 g/mol. The summed E-state index contributed by atoms with van der Waals surface area (Å²) in [5, 5.41) is 6.72. The first kappa shape index (κ1) is 25.9. The van der Waals surface area contributed by atoms with Crippen LogP contribution in [0.1, 0.15) is 29.4 Å². The number of pyridine rings is 1. The van der Waals surface area contributed by atoms with Crippen molar-refractivity contribution in [3.63, 3.8) is 0 Å². The van der Waals surface area contributed by atoms with Gasteiger partial charge in [0, 0.05) is 43.5 Å². The molecule has 1 saturated heterocycles. The number of carbonyl (C=O) groups excluding carboxylic acids is 2. The van der Waals surface area contributed by atoms with E-state index in [1.165, 1.54) is 0 Å². The third-order valence-electron chi connectivity index (χ3n) is 6.05. The van der Waals surface area contributed by atoms with Gasteiger partial charge >= 0.3 is 0 Å². The van der Waals surface area contributed by atoms with E-state index in [1.807, 2.05) is 18.2 Å². The molecule has 3 aromatic rings. The molecule has 0 aliphatic carbocycles. The molecule has 0 saturated carbocycles. The van der Waals surface area contributed by atoms with Crippen molar-refractivity contribution < 1.29 is 19.1 Å². The first-order chi connectivity index (χ1) is 18.0. The molecule has 9 nitrogen and oxygen atoms in total. The Morgan fingerprint density at radius 3 is 2.70 bits per heavy atom. The summed E-state index contributed by atoms with van der Waals surface area (Å²) >= 11 is 6.27. The number of H-pyrrole nitrogens is 1. The maximum absolute atomic E-state index is 12.6. The minimum absolute atomic E-state index is 0.0243. The van der Waals surface area contributed by atoms with Gasteiger partial charge < -0.3 is 30.0 Å². The Bertz CT molecular complexity index is 1370. The highest BCUT2D eigenvalue weighted by Gasteiger charge is 2.28. The van der Waals surface area contributed by atoms with E-state index in [1.54, 1.807) is 44.5 Å². The van der Waals surface area contributed by atoms with Gasteiger partial charge in [0.25, 0.3) is 11.8 Å². The van der Waals surface area contributed by atoms with E-state index < -0.39 is 0 Å². The second kappa shape index (κ2) is 11.7. The topological polar surface area (TPSA) is 109 Å². The number of hydrogen-bond acceptors (Lipinski definition) is 6. The van der Waals surface area contributed by atoms with E-state index in [9.17, 15) is 9.59 Å². The molecular weight excluding hydrogens is 494 g/mol. The fourth-order valence-electron chi connectivity index (χ4n) is 4.11. The molecule has 2 amide bonds. The number of halogens is 1. The molecule has 2 aliphatic heterocycles. The Morgan fingerprint density at radius 2 is 2.03 bits per heavy atom. The van der Waals surface area contributed by atoms with Gasteiger partial charge in [-0.3, -0.25) is 14.6 Å². The zero-order chi connectivity index (χ0) is 26.4. The number of nitrogens with zero attached hydrogens (tertiary/aromatic N) is 2. The largest absolute Gasteiger partial charge is 0.494 e. The van der Waals surface area contributed by atoms with Gasteiger partial charge in [0.2, 0.25) is 0 Å². The summed E-state index contributed by atoms with van der Waals surface area (Å²) in [6.45, 7) is 4.05. The Morgan fingerprint density at radius 1 is 1.22 bits per heavy atom. The van der Waals surface area contributed by atoms with Crippen LogP contribution in [0.4, 0.5) is 11.4 Å². The minimum Gasteiger partial charge on any atom is -0.494 e. The van der Waals surface area contributed by atoms with E-state index in [2.05, 4.69) is 32.4 Å². The lowest BCUT2D eigenvalue weighted by molar-refractivity contribution is -0.128. The van der Waals surface area contributed by atoms with Crippen LogP contribution in [0.5, 0.6) is 11.5 Å². The molecule has 0 atom stereocenters. The summed E-state index contributed by atoms with van der Waals surface area (Å²) in [6, 6.07) is 7.25. The van der Waals surface area contributed by atoms with E-state index in [-0.39, 0.29) is 11.8 Å². The highest BCUT2D eigenvalue weighted by molar-refractivity contribution is 6.32. The fraction of sp³-hybridized carbons (Fsp3) is 0.296. The predicted molar refractivity (Wildman–Crippen MR) is 143 cm³/mol. The Balaban J connectivity index is 0.000000301. The number of anilines is 2. The fourth-order valence-corrected chi connectivity index (χ4v) is 4.36. The highest BCUT2D eigenvalue weighted by atomic mass is 35.5. The van der Waals surface area contributed by atoms with Crippen molar-refractivity contribution in [3.05, 3.63) is 52.9 Å². The summed E-state index contributed by atoms with van der Waals surface area (Å²) in [5.41, 5.74) is 4.26. The number of aromatic amines is 1. The predicted octanol–water partition coefficient (Wildman–Crippen LogP) is 4.02. The molecule has 1 aromatic carbocycles. The van der Waals surface area contributed by atoms with Crippen LogP contribution in [0.2, 0.25) is 5.02 Å². The van der Waals surface area contributed by atoms with Crippen molar-refractivity contribution in [3.8, 4) is 34.6 Å². The number of carbonyl (C=O) groups is 2. The van der Waals surface area contributed by atoms with Crippen molar-refractivity contribution >= 4 is 34.8 Å². The number of fused-ring (bicyclic) bond motifs is 1. The average molecular weight is 522 g/mol. The summed E-state index contributed by atoms with van der Waals surface area (Å²) in [5.74, 6) is 6.00. The molecule has 0 unspecified atom stereocenters. The van der Waals surface area contributed by atoms with Crippen LogP contribution < -0.4 is 20.1 Å². The molecule has 37 heavy (non-hydrogen) atoms. The Labute approximate surface area is 220 Å². The van der Waals surface area contributed by atoms with E-state index >= 15 is 0 Å². The van der Waals surface area contributed by atoms with Gasteiger partial charge in [-0.2, -0.15) is 0 Å². The quantitative estimate of drug-likeness (QED) is 0.438. The zero-order valence-electron chi connectivity index (χ0n) is 20.9. The van der Waals surface area contributed by atoms with Gasteiger partial charge in [0.05, 0.1) is 48.1 Å². The van der Waals surface area contributed by atoms with Gasteiger partial charge in [0.1, 0.15) is 5.75 Å². The number of methoxy groups -OCH3 is 2. The Hall–Kier alpha value is -4.16. The summed E-state index contributed by atoms with van der Waals surface area (Å²) < 4.78 is 10.9. The number of aromatic nitrogens is 2. The molecule has 0 bridgehead atoms. The molecular formula is C27H28ClN5O4. The summed E-state index contributed by atoms with van der Waals surface area (Å²) in [6.07, 6.45) is 5.16. The SMILES string of the molecule is CC#CC(=O)N1CCC1.COc1cnccc1-c1[nH]c2c(c1Nc1cccc(Cl)c1OC)C(=O)NCC2. The number of hydrogen-bond donors (Lipinski definition) is 3. The Kier molecular flexibility index (Phi) is 8.21. The first-order valence-electron chi connectivity index (χ1n) is 11.8. The number of benzene rings is 1. The maximum atomic E-state index is 12.6. The number of likely N-dealkylation sites (tertiary alicyclic amines) is 1. The minimum atomic E-state index is -0.139.